The molecule has 0 amide bonds. The number of furan rings is 1. The lowest BCUT2D eigenvalue weighted by atomic mass is 10.3. The molecule has 0 saturated carbocycles. The molecule has 1 aromatic rings. The zero-order valence-corrected chi connectivity index (χ0v) is 11.5. The molecule has 16 heavy (non-hydrogen) atoms. The molecule has 0 N–H and O–H groups in total. The van der Waals surface area contributed by atoms with E-state index in [-0.39, 0.29) is 0 Å². The van der Waals surface area contributed by atoms with Gasteiger partial charge in [-0.2, -0.15) is 4.39 Å². The van der Waals surface area contributed by atoms with Gasteiger partial charge in [-0.15, -0.1) is 0 Å². The number of ether oxygens (including phenoxy) is 1. The molecule has 0 saturated heterocycles. The van der Waals surface area contributed by atoms with E-state index in [2.05, 4.69) is 27.2 Å². The summed E-state index contributed by atoms with van der Waals surface area (Å²) >= 11 is 3.29. The van der Waals surface area contributed by atoms with Crippen molar-refractivity contribution in [1.29, 1.82) is 0 Å². The van der Waals surface area contributed by atoms with E-state index in [4.69, 9.17) is 4.42 Å². The molecule has 0 aromatic carbocycles. The van der Waals surface area contributed by atoms with Crippen molar-refractivity contribution in [3.63, 3.8) is 0 Å². The number of methoxy groups -OCH3 is 1. The van der Waals surface area contributed by atoms with Gasteiger partial charge in [0.15, 0.2) is 5.42 Å². The summed E-state index contributed by atoms with van der Waals surface area (Å²) in [5, 5.41) is 0.543. The molecule has 0 atom stereocenters. The van der Waals surface area contributed by atoms with Crippen LogP contribution >= 0.6 is 15.9 Å². The Bertz CT molecular complexity index is 456. The minimum atomic E-state index is -0.612. The van der Waals surface area contributed by atoms with Gasteiger partial charge in [0, 0.05) is 25.5 Å². The maximum Gasteiger partial charge on any atom is 0.278 e. The molecule has 1 rings (SSSR count). The Morgan fingerprint density at radius 2 is 2.00 bits per heavy atom. The summed E-state index contributed by atoms with van der Waals surface area (Å²) < 4.78 is 22.4. The smallest absolute Gasteiger partial charge is 0.278 e. The van der Waals surface area contributed by atoms with Crippen molar-refractivity contribution >= 4 is 27.0 Å². The molecule has 0 spiro atoms. The quantitative estimate of drug-likeness (QED) is 0.793. The van der Waals surface area contributed by atoms with Crippen LogP contribution in [0.5, 0.6) is 0 Å². The summed E-state index contributed by atoms with van der Waals surface area (Å²) in [7, 11) is 3.25. The predicted octanol–water partition coefficient (Wildman–Crippen LogP) is 2.56. The lowest BCUT2D eigenvalue weighted by Crippen LogP contribution is -2.18. The Kier molecular flexibility index (Phi) is 7.01. The van der Waals surface area contributed by atoms with Gasteiger partial charge in [0.05, 0.1) is 4.48 Å². The van der Waals surface area contributed by atoms with Crippen LogP contribution in [0.3, 0.4) is 0 Å². The minimum absolute atomic E-state index is 0.443. The van der Waals surface area contributed by atoms with Crippen molar-refractivity contribution in [2.45, 2.75) is 13.8 Å². The number of hydrogen-bond donors (Lipinski definition) is 0. The highest BCUT2D eigenvalue weighted by Crippen LogP contribution is 2.08. The topological polar surface area (TPSA) is 22.4 Å². The predicted molar refractivity (Wildman–Crippen MR) is 68.1 cm³/mol. The Hall–Kier alpha value is -0.870. The zero-order valence-electron chi connectivity index (χ0n) is 9.93. The fraction of sp³-hybridized carbons (Fsp3) is 0.333. The van der Waals surface area contributed by atoms with E-state index in [1.165, 1.54) is 6.07 Å². The van der Waals surface area contributed by atoms with Crippen molar-refractivity contribution in [2.75, 3.05) is 14.2 Å². The van der Waals surface area contributed by atoms with Gasteiger partial charge in [-0.3, -0.25) is 0 Å². The summed E-state index contributed by atoms with van der Waals surface area (Å²) in [6.07, 6.45) is 1.85. The largest absolute Gasteiger partial charge is 0.430 e. The van der Waals surface area contributed by atoms with Crippen molar-refractivity contribution in [2.24, 2.45) is 0 Å². The second kappa shape index (κ2) is 7.41. The maximum atomic E-state index is 12.6. The van der Waals surface area contributed by atoms with Crippen LogP contribution in [0.15, 0.2) is 22.1 Å². The second-order valence-electron chi connectivity index (χ2n) is 3.38. The van der Waals surface area contributed by atoms with Crippen LogP contribution in [0.4, 0.5) is 4.39 Å². The highest BCUT2D eigenvalue weighted by molar-refractivity contribution is 9.15. The Morgan fingerprint density at radius 1 is 1.50 bits per heavy atom. The molecule has 90 valence electrons. The monoisotopic (exact) mass is 290 g/mol. The molecule has 0 unspecified atom stereocenters. The highest BCUT2D eigenvalue weighted by atomic mass is 79.9. The van der Waals surface area contributed by atoms with Crippen LogP contribution in [0, 0.1) is 6.01 Å². The van der Waals surface area contributed by atoms with E-state index < -0.39 is 6.01 Å². The number of allylic oxidation sites excluding steroid dienone is 2. The van der Waals surface area contributed by atoms with E-state index in [9.17, 15) is 4.39 Å². The summed E-state index contributed by atoms with van der Waals surface area (Å²) in [5.74, 6) is 0. The van der Waals surface area contributed by atoms with Gasteiger partial charge in [0.1, 0.15) is 0 Å². The van der Waals surface area contributed by atoms with E-state index in [0.29, 0.717) is 15.1 Å². The van der Waals surface area contributed by atoms with E-state index >= 15 is 0 Å². The average Bonchev–Trinajstić information content (AvgIpc) is 2.45. The summed E-state index contributed by atoms with van der Waals surface area (Å²) in [5.41, 5.74) is 1.54. The third-order valence-electron chi connectivity index (χ3n) is 1.41. The van der Waals surface area contributed by atoms with Crippen molar-refractivity contribution in [1.82, 2.24) is 0 Å². The molecule has 4 heteroatoms. The molecular weight excluding hydrogens is 275 g/mol. The molecule has 0 aliphatic rings. The molecule has 1 heterocycles. The fourth-order valence-corrected chi connectivity index (χ4v) is 1.71. The Balaban J connectivity index is 0.000000673. The first-order valence-corrected chi connectivity index (χ1v) is 5.40. The molecule has 0 bridgehead atoms. The molecule has 0 fully saturated rings. The van der Waals surface area contributed by atoms with Gasteiger partial charge in [-0.05, 0) is 35.9 Å². The van der Waals surface area contributed by atoms with Gasteiger partial charge in [0.2, 0.25) is 0 Å². The van der Waals surface area contributed by atoms with Gasteiger partial charge >= 0.3 is 0 Å². The summed E-state index contributed by atoms with van der Waals surface area (Å²) in [4.78, 5) is 0. The standard InChI is InChI=1S/C10H10BrFO.C2H6O/c1-6(2)4-8(11)10-7(3)5-9(12)13-10;1-3-2/h4-5H,3H2,1-2H3;1-2H3/b10-8-;. The van der Waals surface area contributed by atoms with Crippen molar-refractivity contribution in [3.05, 3.63) is 34.4 Å². The lowest BCUT2D eigenvalue weighted by molar-refractivity contribution is 0.277. The molecule has 0 aliphatic heterocycles. The van der Waals surface area contributed by atoms with Gasteiger partial charge < -0.3 is 9.15 Å². The van der Waals surface area contributed by atoms with E-state index in [1.54, 1.807) is 14.2 Å². The third kappa shape index (κ3) is 5.28. The Morgan fingerprint density at radius 3 is 2.31 bits per heavy atom. The van der Waals surface area contributed by atoms with E-state index in [1.807, 2.05) is 19.9 Å². The van der Waals surface area contributed by atoms with Gasteiger partial charge in [0.25, 0.3) is 6.01 Å². The first-order chi connectivity index (χ1) is 7.42. The van der Waals surface area contributed by atoms with Crippen LogP contribution in [0.2, 0.25) is 0 Å². The van der Waals surface area contributed by atoms with Crippen LogP contribution < -0.4 is 10.6 Å². The van der Waals surface area contributed by atoms with Crippen molar-refractivity contribution < 1.29 is 13.5 Å². The molecule has 2 nitrogen and oxygen atoms in total. The molecule has 1 aromatic heterocycles. The molecule has 0 radical (unpaired) electrons. The number of rotatable bonds is 1. The lowest BCUT2D eigenvalue weighted by Gasteiger charge is -1.88. The normalized spacial score (nSPS) is 11.4. The summed E-state index contributed by atoms with van der Waals surface area (Å²) in [6, 6.07) is 0.647. The second-order valence-corrected chi connectivity index (χ2v) is 4.24. The zero-order chi connectivity index (χ0) is 12.7. The van der Waals surface area contributed by atoms with E-state index in [0.717, 1.165) is 5.57 Å². The van der Waals surface area contributed by atoms with Crippen LogP contribution in [-0.4, -0.2) is 14.2 Å². The summed E-state index contributed by atoms with van der Waals surface area (Å²) in [6.45, 7) is 7.55. The fourth-order valence-electron chi connectivity index (χ4n) is 0.916. The van der Waals surface area contributed by atoms with Crippen LogP contribution in [0.1, 0.15) is 13.8 Å². The first-order valence-electron chi connectivity index (χ1n) is 4.61. The number of hydrogen-bond acceptors (Lipinski definition) is 2. The third-order valence-corrected chi connectivity index (χ3v) is 2.00. The van der Waals surface area contributed by atoms with Crippen LogP contribution in [-0.2, 0) is 4.74 Å². The maximum absolute atomic E-state index is 12.6. The average molecular weight is 291 g/mol. The minimum Gasteiger partial charge on any atom is -0.430 e. The molecule has 0 aliphatic carbocycles. The first kappa shape index (κ1) is 15.1. The number of halogens is 2. The SMILES string of the molecule is C=c1cc(F)o/c1=C(\Br)C=C(C)C.COC. The Labute approximate surface area is 103 Å². The van der Waals surface area contributed by atoms with Crippen molar-refractivity contribution in [3.8, 4) is 0 Å². The van der Waals surface area contributed by atoms with Gasteiger partial charge in [-0.25, -0.2) is 0 Å². The van der Waals surface area contributed by atoms with Crippen LogP contribution in [0.25, 0.3) is 11.1 Å². The molecular formula is C12H16BrFO2. The highest BCUT2D eigenvalue weighted by Gasteiger charge is 1.99. The van der Waals surface area contributed by atoms with Gasteiger partial charge in [-0.1, -0.05) is 12.2 Å².